The summed E-state index contributed by atoms with van der Waals surface area (Å²) < 4.78 is 16.8. The Labute approximate surface area is 125 Å². The summed E-state index contributed by atoms with van der Waals surface area (Å²) in [6, 6.07) is 15.4. The lowest BCUT2D eigenvalue weighted by Gasteiger charge is -2.12. The van der Waals surface area contributed by atoms with Crippen molar-refractivity contribution in [2.24, 2.45) is 5.73 Å². The number of rotatable bonds is 8. The first-order valence-corrected chi connectivity index (χ1v) is 7.10. The molecule has 0 spiro atoms. The van der Waals surface area contributed by atoms with Crippen LogP contribution < -0.4 is 19.9 Å². The average molecular weight is 287 g/mol. The zero-order valence-corrected chi connectivity index (χ0v) is 12.2. The maximum absolute atomic E-state index is 5.69. The molecule has 0 aliphatic carbocycles. The number of hydrogen-bond acceptors (Lipinski definition) is 4. The van der Waals surface area contributed by atoms with E-state index in [1.165, 1.54) is 0 Å². The lowest BCUT2D eigenvalue weighted by Crippen LogP contribution is -2.10. The van der Waals surface area contributed by atoms with Gasteiger partial charge in [-0.1, -0.05) is 24.3 Å². The predicted molar refractivity (Wildman–Crippen MR) is 82.9 cm³/mol. The number of hydrogen-bond donors (Lipinski definition) is 1. The fourth-order valence-electron chi connectivity index (χ4n) is 1.92. The van der Waals surface area contributed by atoms with E-state index in [2.05, 4.69) is 0 Å². The molecule has 2 aromatic carbocycles. The van der Waals surface area contributed by atoms with Crippen LogP contribution in [0.15, 0.2) is 48.5 Å². The fourth-order valence-corrected chi connectivity index (χ4v) is 1.92. The van der Waals surface area contributed by atoms with E-state index in [4.69, 9.17) is 19.9 Å². The minimum atomic E-state index is 0.455. The summed E-state index contributed by atoms with van der Waals surface area (Å²) in [7, 11) is 0. The lowest BCUT2D eigenvalue weighted by atomic mass is 10.2. The SMILES string of the molecule is CCOc1ccccc1OCCOc1cccc(CN)c1. The smallest absolute Gasteiger partial charge is 0.161 e. The highest BCUT2D eigenvalue weighted by atomic mass is 16.5. The molecule has 0 radical (unpaired) electrons. The fraction of sp³-hybridized carbons (Fsp3) is 0.294. The van der Waals surface area contributed by atoms with Gasteiger partial charge in [0, 0.05) is 6.54 Å². The highest BCUT2D eigenvalue weighted by Crippen LogP contribution is 2.26. The van der Waals surface area contributed by atoms with Crippen LogP contribution in [-0.2, 0) is 6.54 Å². The Hall–Kier alpha value is -2.20. The van der Waals surface area contributed by atoms with Gasteiger partial charge in [0.2, 0.25) is 0 Å². The van der Waals surface area contributed by atoms with Crippen LogP contribution in [-0.4, -0.2) is 19.8 Å². The molecule has 21 heavy (non-hydrogen) atoms. The second-order valence-electron chi connectivity index (χ2n) is 4.43. The predicted octanol–water partition coefficient (Wildman–Crippen LogP) is 3.00. The summed E-state index contributed by atoms with van der Waals surface area (Å²) in [5.74, 6) is 2.29. The molecular weight excluding hydrogens is 266 g/mol. The highest BCUT2D eigenvalue weighted by Gasteiger charge is 2.03. The second-order valence-corrected chi connectivity index (χ2v) is 4.43. The molecule has 2 rings (SSSR count). The van der Waals surface area contributed by atoms with E-state index >= 15 is 0 Å². The third-order valence-electron chi connectivity index (χ3n) is 2.89. The molecule has 0 fully saturated rings. The summed E-state index contributed by atoms with van der Waals surface area (Å²) in [5, 5.41) is 0. The van der Waals surface area contributed by atoms with Gasteiger partial charge < -0.3 is 19.9 Å². The van der Waals surface area contributed by atoms with Gasteiger partial charge in [-0.25, -0.2) is 0 Å². The normalized spacial score (nSPS) is 10.2. The van der Waals surface area contributed by atoms with Crippen LogP contribution in [0.5, 0.6) is 17.2 Å². The van der Waals surface area contributed by atoms with Gasteiger partial charge in [-0.15, -0.1) is 0 Å². The van der Waals surface area contributed by atoms with Crippen LogP contribution in [0, 0.1) is 0 Å². The van der Waals surface area contributed by atoms with Gasteiger partial charge in [-0.05, 0) is 36.8 Å². The first kappa shape index (κ1) is 15.2. The van der Waals surface area contributed by atoms with Crippen molar-refractivity contribution in [2.45, 2.75) is 13.5 Å². The van der Waals surface area contributed by atoms with Gasteiger partial charge in [0.15, 0.2) is 11.5 Å². The Morgan fingerprint density at radius 3 is 2.29 bits per heavy atom. The highest BCUT2D eigenvalue weighted by molar-refractivity contribution is 5.39. The molecule has 0 aromatic heterocycles. The number of para-hydroxylation sites is 2. The van der Waals surface area contributed by atoms with E-state index in [9.17, 15) is 0 Å². The van der Waals surface area contributed by atoms with Gasteiger partial charge in [0.1, 0.15) is 19.0 Å². The van der Waals surface area contributed by atoms with Crippen LogP contribution >= 0.6 is 0 Å². The molecule has 4 nitrogen and oxygen atoms in total. The number of benzene rings is 2. The summed E-state index contributed by atoms with van der Waals surface area (Å²) in [5.41, 5.74) is 6.65. The summed E-state index contributed by atoms with van der Waals surface area (Å²) in [6.45, 7) is 3.99. The maximum atomic E-state index is 5.69. The Morgan fingerprint density at radius 2 is 1.57 bits per heavy atom. The molecular formula is C17H21NO3. The van der Waals surface area contributed by atoms with Crippen molar-refractivity contribution in [3.8, 4) is 17.2 Å². The van der Waals surface area contributed by atoms with E-state index in [-0.39, 0.29) is 0 Å². The van der Waals surface area contributed by atoms with Crippen LogP contribution in [0.4, 0.5) is 0 Å². The number of ether oxygens (including phenoxy) is 3. The van der Waals surface area contributed by atoms with Crippen molar-refractivity contribution in [1.82, 2.24) is 0 Å². The second kappa shape index (κ2) is 8.17. The first-order chi connectivity index (χ1) is 10.3. The lowest BCUT2D eigenvalue weighted by molar-refractivity contribution is 0.208. The zero-order chi connectivity index (χ0) is 14.9. The van der Waals surface area contributed by atoms with Crippen molar-refractivity contribution in [1.29, 1.82) is 0 Å². The van der Waals surface area contributed by atoms with Crippen LogP contribution in [0.3, 0.4) is 0 Å². The third kappa shape index (κ3) is 4.68. The Morgan fingerprint density at radius 1 is 0.857 bits per heavy atom. The standard InChI is InChI=1S/C17H21NO3/c1-2-19-16-8-3-4-9-17(16)21-11-10-20-15-7-5-6-14(12-15)13-18/h3-9,12H,2,10-11,13,18H2,1H3. The Bertz CT molecular complexity index is 557. The van der Waals surface area contributed by atoms with Crippen molar-refractivity contribution in [3.63, 3.8) is 0 Å². The molecule has 0 saturated heterocycles. The topological polar surface area (TPSA) is 53.7 Å². The van der Waals surface area contributed by atoms with Crippen LogP contribution in [0.2, 0.25) is 0 Å². The molecule has 2 N–H and O–H groups in total. The molecule has 0 aliphatic rings. The molecule has 0 bridgehead atoms. The number of nitrogens with two attached hydrogens (primary N) is 1. The zero-order valence-electron chi connectivity index (χ0n) is 12.2. The monoisotopic (exact) mass is 287 g/mol. The molecule has 0 atom stereocenters. The molecule has 0 saturated carbocycles. The Kier molecular flexibility index (Phi) is 5.91. The molecule has 0 aliphatic heterocycles. The van der Waals surface area contributed by atoms with Crippen LogP contribution in [0.1, 0.15) is 12.5 Å². The summed E-state index contributed by atoms with van der Waals surface area (Å²) >= 11 is 0. The molecule has 2 aromatic rings. The quantitative estimate of drug-likeness (QED) is 0.758. The minimum Gasteiger partial charge on any atom is -0.490 e. The van der Waals surface area contributed by atoms with Gasteiger partial charge in [-0.2, -0.15) is 0 Å². The molecule has 4 heteroatoms. The van der Waals surface area contributed by atoms with Gasteiger partial charge in [0.05, 0.1) is 6.61 Å². The Balaban J connectivity index is 1.81. The van der Waals surface area contributed by atoms with E-state index in [1.54, 1.807) is 0 Å². The summed E-state index contributed by atoms with van der Waals surface area (Å²) in [6.07, 6.45) is 0. The van der Waals surface area contributed by atoms with Gasteiger partial charge in [-0.3, -0.25) is 0 Å². The molecule has 0 heterocycles. The maximum Gasteiger partial charge on any atom is 0.161 e. The first-order valence-electron chi connectivity index (χ1n) is 7.10. The van der Waals surface area contributed by atoms with E-state index in [1.807, 2.05) is 55.5 Å². The van der Waals surface area contributed by atoms with Crippen molar-refractivity contribution >= 4 is 0 Å². The molecule has 0 amide bonds. The van der Waals surface area contributed by atoms with E-state index < -0.39 is 0 Å². The van der Waals surface area contributed by atoms with Crippen molar-refractivity contribution in [2.75, 3.05) is 19.8 Å². The average Bonchev–Trinajstić information content (AvgIpc) is 2.53. The van der Waals surface area contributed by atoms with Gasteiger partial charge in [0.25, 0.3) is 0 Å². The van der Waals surface area contributed by atoms with E-state index in [0.29, 0.717) is 26.4 Å². The summed E-state index contributed by atoms with van der Waals surface area (Å²) in [4.78, 5) is 0. The van der Waals surface area contributed by atoms with E-state index in [0.717, 1.165) is 22.8 Å². The minimum absolute atomic E-state index is 0.455. The van der Waals surface area contributed by atoms with Crippen molar-refractivity contribution < 1.29 is 14.2 Å². The van der Waals surface area contributed by atoms with Crippen LogP contribution in [0.25, 0.3) is 0 Å². The van der Waals surface area contributed by atoms with Gasteiger partial charge >= 0.3 is 0 Å². The van der Waals surface area contributed by atoms with Crippen molar-refractivity contribution in [3.05, 3.63) is 54.1 Å². The molecule has 112 valence electrons. The largest absolute Gasteiger partial charge is 0.490 e. The molecule has 0 unspecified atom stereocenters. The third-order valence-corrected chi connectivity index (χ3v) is 2.89.